The summed E-state index contributed by atoms with van der Waals surface area (Å²) < 4.78 is 4.21. The van der Waals surface area contributed by atoms with Crippen LogP contribution in [0.1, 0.15) is 51.1 Å². The summed E-state index contributed by atoms with van der Waals surface area (Å²) in [5.74, 6) is 0.102. The van der Waals surface area contributed by atoms with Crippen LogP contribution in [0, 0.1) is 0 Å². The minimum absolute atomic E-state index is 0. The van der Waals surface area contributed by atoms with Gasteiger partial charge in [0.1, 0.15) is 12.4 Å². The first-order chi connectivity index (χ1) is 11.7. The van der Waals surface area contributed by atoms with Gasteiger partial charge in [0.25, 0.3) is 5.91 Å². The molecule has 0 saturated heterocycles. The summed E-state index contributed by atoms with van der Waals surface area (Å²) in [5.41, 5.74) is 1.18. The van der Waals surface area contributed by atoms with Gasteiger partial charge in [-0.15, -0.1) is 0 Å². The molecule has 1 aromatic heterocycles. The van der Waals surface area contributed by atoms with E-state index in [1.165, 1.54) is 12.0 Å². The van der Waals surface area contributed by atoms with Crippen molar-refractivity contribution in [3.05, 3.63) is 54.6 Å². The first-order valence-electron chi connectivity index (χ1n) is 9.12. The number of nitrogens with one attached hydrogen (secondary N) is 1. The molecule has 1 amide bonds. The number of nitrogens with zero attached hydrogens (tertiary/aromatic N) is 2. The van der Waals surface area contributed by atoms with Crippen LogP contribution in [0.2, 0.25) is 0 Å². The van der Waals surface area contributed by atoms with Gasteiger partial charge in [-0.2, -0.15) is 0 Å². The molecule has 138 valence electrons. The number of hydrogen-bond donors (Lipinski definition) is 1. The molecule has 0 aliphatic heterocycles. The van der Waals surface area contributed by atoms with Crippen LogP contribution in [0.3, 0.4) is 0 Å². The molecule has 0 bridgehead atoms. The first kappa shape index (κ1) is 21.7. The summed E-state index contributed by atoms with van der Waals surface area (Å²) in [4.78, 5) is 12.7. The minimum atomic E-state index is -0.202. The van der Waals surface area contributed by atoms with Crippen LogP contribution in [0.5, 0.6) is 0 Å². The van der Waals surface area contributed by atoms with E-state index in [0.29, 0.717) is 6.42 Å². The first-order valence-corrected chi connectivity index (χ1v) is 9.12. The summed E-state index contributed by atoms with van der Waals surface area (Å²) >= 11 is 0. The maximum Gasteiger partial charge on any atom is 0.265 e. The van der Waals surface area contributed by atoms with Gasteiger partial charge in [0, 0.05) is 13.0 Å². The Balaban J connectivity index is 0.00000312. The SMILES string of the molecule is CCCCNC(=O)[C@H](Cc1ccccc1)n1cc[n+](CCCC)c1.[I-]. The summed E-state index contributed by atoms with van der Waals surface area (Å²) in [7, 11) is 0. The van der Waals surface area contributed by atoms with E-state index in [4.69, 9.17) is 0 Å². The molecule has 0 unspecified atom stereocenters. The number of benzene rings is 1. The van der Waals surface area contributed by atoms with Crippen molar-refractivity contribution in [3.8, 4) is 0 Å². The van der Waals surface area contributed by atoms with Crippen LogP contribution in [-0.4, -0.2) is 17.0 Å². The zero-order chi connectivity index (χ0) is 17.2. The van der Waals surface area contributed by atoms with E-state index in [-0.39, 0.29) is 35.9 Å². The topological polar surface area (TPSA) is 37.9 Å². The van der Waals surface area contributed by atoms with Crippen molar-refractivity contribution in [3.63, 3.8) is 0 Å². The molecule has 1 heterocycles. The van der Waals surface area contributed by atoms with E-state index in [0.717, 1.165) is 32.4 Å². The largest absolute Gasteiger partial charge is 1.00 e. The van der Waals surface area contributed by atoms with Gasteiger partial charge in [0.05, 0.1) is 6.54 Å². The monoisotopic (exact) mass is 455 g/mol. The third kappa shape index (κ3) is 7.18. The van der Waals surface area contributed by atoms with Gasteiger partial charge in [0.2, 0.25) is 6.33 Å². The molecule has 0 fully saturated rings. The van der Waals surface area contributed by atoms with Crippen LogP contribution in [0.15, 0.2) is 49.1 Å². The Morgan fingerprint density at radius 1 is 1.16 bits per heavy atom. The summed E-state index contributed by atoms with van der Waals surface area (Å²) in [6.45, 7) is 6.07. The molecule has 25 heavy (non-hydrogen) atoms. The van der Waals surface area contributed by atoms with Crippen LogP contribution in [-0.2, 0) is 17.8 Å². The number of carbonyl (C=O) groups is 1. The van der Waals surface area contributed by atoms with Crippen molar-refractivity contribution in [1.82, 2.24) is 9.88 Å². The number of amides is 1. The smallest absolute Gasteiger partial charge is 0.265 e. The van der Waals surface area contributed by atoms with E-state index in [9.17, 15) is 4.79 Å². The van der Waals surface area contributed by atoms with Crippen molar-refractivity contribution in [2.75, 3.05) is 6.54 Å². The highest BCUT2D eigenvalue weighted by atomic mass is 127. The van der Waals surface area contributed by atoms with Gasteiger partial charge in [-0.1, -0.05) is 57.0 Å². The number of imidazole rings is 1. The van der Waals surface area contributed by atoms with Crippen molar-refractivity contribution in [2.24, 2.45) is 0 Å². The van der Waals surface area contributed by atoms with Gasteiger partial charge < -0.3 is 29.3 Å². The molecule has 2 aromatic rings. The third-order valence-electron chi connectivity index (χ3n) is 4.25. The van der Waals surface area contributed by atoms with Gasteiger partial charge in [-0.05, 0) is 18.4 Å². The van der Waals surface area contributed by atoms with Crippen LogP contribution in [0.25, 0.3) is 0 Å². The standard InChI is InChI=1S/C20H29N3O.HI/c1-3-5-12-21-20(24)19(16-18-10-8-7-9-11-18)23-15-14-22(17-23)13-6-4-2;/h7-11,14-15,17,19H,3-6,12-13,16H2,1-2H3;1H/t19-;/m0./s1. The highest BCUT2D eigenvalue weighted by molar-refractivity contribution is 5.80. The second-order valence-electron chi connectivity index (χ2n) is 6.30. The molecule has 0 aliphatic rings. The molecule has 4 nitrogen and oxygen atoms in total. The fraction of sp³-hybridized carbons (Fsp3) is 0.500. The molecule has 2 rings (SSSR count). The van der Waals surface area contributed by atoms with Crippen molar-refractivity contribution >= 4 is 5.91 Å². The van der Waals surface area contributed by atoms with Crippen molar-refractivity contribution in [2.45, 2.75) is 58.5 Å². The number of rotatable bonds is 10. The van der Waals surface area contributed by atoms with E-state index < -0.39 is 0 Å². The summed E-state index contributed by atoms with van der Waals surface area (Å²) in [6, 6.07) is 10.0. The molecule has 1 N–H and O–H groups in total. The third-order valence-corrected chi connectivity index (χ3v) is 4.25. The molecular formula is C20H30IN3O. The predicted molar refractivity (Wildman–Crippen MR) is 96.6 cm³/mol. The van der Waals surface area contributed by atoms with Gasteiger partial charge in [-0.3, -0.25) is 4.79 Å². The number of carbonyl (C=O) groups excluding carboxylic acids is 1. The average Bonchev–Trinajstić information content (AvgIpc) is 3.07. The van der Waals surface area contributed by atoms with Gasteiger partial charge in [-0.25, -0.2) is 9.13 Å². The van der Waals surface area contributed by atoms with Crippen LogP contribution < -0.4 is 33.9 Å². The second kappa shape index (κ2) is 12.1. The zero-order valence-electron chi connectivity index (χ0n) is 15.3. The predicted octanol–water partition coefficient (Wildman–Crippen LogP) is 0.280. The Hall–Kier alpha value is -1.37. The Morgan fingerprint density at radius 2 is 1.88 bits per heavy atom. The highest BCUT2D eigenvalue weighted by Gasteiger charge is 2.25. The molecule has 5 heteroatoms. The number of aryl methyl sites for hydroxylation is 1. The molecule has 0 saturated carbocycles. The van der Waals surface area contributed by atoms with Gasteiger partial charge >= 0.3 is 0 Å². The maximum absolute atomic E-state index is 12.7. The van der Waals surface area contributed by atoms with Crippen LogP contribution >= 0.6 is 0 Å². The number of halogens is 1. The molecule has 0 spiro atoms. The Kier molecular flexibility index (Phi) is 10.5. The minimum Gasteiger partial charge on any atom is -1.00 e. The van der Waals surface area contributed by atoms with E-state index in [1.54, 1.807) is 0 Å². The number of aromatic nitrogens is 2. The van der Waals surface area contributed by atoms with E-state index in [2.05, 4.69) is 48.4 Å². The van der Waals surface area contributed by atoms with E-state index >= 15 is 0 Å². The fourth-order valence-corrected chi connectivity index (χ4v) is 2.75. The normalized spacial score (nSPS) is 11.6. The van der Waals surface area contributed by atoms with Gasteiger partial charge in [0.15, 0.2) is 6.04 Å². The number of hydrogen-bond acceptors (Lipinski definition) is 1. The molecule has 0 radical (unpaired) electrons. The van der Waals surface area contributed by atoms with Crippen molar-refractivity contribution < 1.29 is 33.3 Å². The second-order valence-corrected chi connectivity index (χ2v) is 6.30. The lowest BCUT2D eigenvalue weighted by Gasteiger charge is -2.14. The molecule has 0 aliphatic carbocycles. The lowest BCUT2D eigenvalue weighted by Crippen LogP contribution is -3.00. The quantitative estimate of drug-likeness (QED) is 0.312. The zero-order valence-corrected chi connectivity index (χ0v) is 17.5. The maximum atomic E-state index is 12.7. The summed E-state index contributed by atoms with van der Waals surface area (Å²) in [6.07, 6.45) is 11.3. The lowest BCUT2D eigenvalue weighted by molar-refractivity contribution is -0.696. The highest BCUT2D eigenvalue weighted by Crippen LogP contribution is 2.14. The van der Waals surface area contributed by atoms with Crippen LogP contribution in [0.4, 0.5) is 0 Å². The average molecular weight is 455 g/mol. The van der Waals surface area contributed by atoms with Crippen molar-refractivity contribution in [1.29, 1.82) is 0 Å². The Labute approximate surface area is 168 Å². The Bertz CT molecular complexity index is 612. The number of unbranched alkanes of at least 4 members (excludes halogenated alkanes) is 2. The Morgan fingerprint density at radius 3 is 2.56 bits per heavy atom. The summed E-state index contributed by atoms with van der Waals surface area (Å²) in [5, 5.41) is 3.09. The molecular weight excluding hydrogens is 425 g/mol. The fourth-order valence-electron chi connectivity index (χ4n) is 2.75. The van der Waals surface area contributed by atoms with E-state index in [1.807, 2.05) is 29.0 Å². The lowest BCUT2D eigenvalue weighted by atomic mass is 10.1. The molecule has 1 atom stereocenters. The molecule has 1 aromatic carbocycles.